The van der Waals surface area contributed by atoms with Crippen LogP contribution in [0.1, 0.15) is 57.9 Å². The van der Waals surface area contributed by atoms with Crippen molar-refractivity contribution >= 4 is 17.7 Å². The van der Waals surface area contributed by atoms with E-state index in [0.29, 0.717) is 6.54 Å². The molecule has 1 atom stereocenters. The lowest BCUT2D eigenvalue weighted by molar-refractivity contribution is -0.0605. The fourth-order valence-electron chi connectivity index (χ4n) is 4.64. The first-order valence-electron chi connectivity index (χ1n) is 9.54. The van der Waals surface area contributed by atoms with E-state index in [9.17, 15) is 5.11 Å². The fourth-order valence-corrected chi connectivity index (χ4v) is 4.77. The normalized spacial score (nSPS) is 23.6. The predicted octanol–water partition coefficient (Wildman–Crippen LogP) is 5.13. The van der Waals surface area contributed by atoms with Gasteiger partial charge in [-0.05, 0) is 49.0 Å². The van der Waals surface area contributed by atoms with Crippen LogP contribution in [-0.4, -0.2) is 25.5 Å². The standard InChI is InChI=1S/C21H28ClN3O/c1-3-10-20(11-4-2)12-9-18(13-17-5-7-19(22)8-6-17)21(20,26)14-25-16-23-15-24-25/h5-8,13,15-16,26H,3-4,9-12,14H2,1-2H3/b18-13-. The molecule has 0 aliphatic heterocycles. The molecule has 5 heteroatoms. The van der Waals surface area contributed by atoms with Crippen molar-refractivity contribution in [3.05, 3.63) is 53.1 Å². The molecular formula is C21H28ClN3O. The maximum Gasteiger partial charge on any atom is 0.137 e. The van der Waals surface area contributed by atoms with Gasteiger partial charge in [-0.1, -0.05) is 56.5 Å². The van der Waals surface area contributed by atoms with Crippen molar-refractivity contribution in [3.63, 3.8) is 0 Å². The molecule has 4 nitrogen and oxygen atoms in total. The number of aromatic nitrogens is 3. The van der Waals surface area contributed by atoms with Crippen LogP contribution in [0.15, 0.2) is 42.5 Å². The summed E-state index contributed by atoms with van der Waals surface area (Å²) >= 11 is 6.02. The lowest BCUT2D eigenvalue weighted by atomic mass is 9.67. The Morgan fingerprint density at radius 1 is 1.19 bits per heavy atom. The Balaban J connectivity index is 2.03. The average Bonchev–Trinajstić information content (AvgIpc) is 3.20. The van der Waals surface area contributed by atoms with Crippen LogP contribution < -0.4 is 0 Å². The van der Waals surface area contributed by atoms with Crippen molar-refractivity contribution in [2.75, 3.05) is 0 Å². The van der Waals surface area contributed by atoms with Gasteiger partial charge in [0.15, 0.2) is 0 Å². The zero-order valence-corrected chi connectivity index (χ0v) is 16.4. The quantitative estimate of drug-likeness (QED) is 0.732. The zero-order valence-electron chi connectivity index (χ0n) is 15.7. The minimum absolute atomic E-state index is 0.110. The molecule has 1 N–H and O–H groups in total. The second-order valence-corrected chi connectivity index (χ2v) is 7.89. The van der Waals surface area contributed by atoms with Crippen molar-refractivity contribution in [2.45, 2.75) is 64.5 Å². The first-order valence-corrected chi connectivity index (χ1v) is 9.92. The summed E-state index contributed by atoms with van der Waals surface area (Å²) in [6.45, 7) is 4.86. The first-order chi connectivity index (χ1) is 12.5. The summed E-state index contributed by atoms with van der Waals surface area (Å²) in [5.41, 5.74) is 1.15. The smallest absolute Gasteiger partial charge is 0.137 e. The van der Waals surface area contributed by atoms with E-state index in [0.717, 1.165) is 54.7 Å². The van der Waals surface area contributed by atoms with Crippen LogP contribution in [0, 0.1) is 5.41 Å². The van der Waals surface area contributed by atoms with Gasteiger partial charge in [0.25, 0.3) is 0 Å². The van der Waals surface area contributed by atoms with E-state index in [-0.39, 0.29) is 5.41 Å². The monoisotopic (exact) mass is 373 g/mol. The van der Waals surface area contributed by atoms with Gasteiger partial charge in [-0.15, -0.1) is 0 Å². The highest BCUT2D eigenvalue weighted by molar-refractivity contribution is 6.30. The molecule has 1 aromatic carbocycles. The van der Waals surface area contributed by atoms with Crippen molar-refractivity contribution in [2.24, 2.45) is 5.41 Å². The van der Waals surface area contributed by atoms with Crippen molar-refractivity contribution in [1.82, 2.24) is 14.8 Å². The maximum atomic E-state index is 12.0. The third-order valence-corrected chi connectivity index (χ3v) is 6.06. The van der Waals surface area contributed by atoms with Crippen molar-refractivity contribution in [1.29, 1.82) is 0 Å². The average molecular weight is 374 g/mol. The third kappa shape index (κ3) is 3.58. The van der Waals surface area contributed by atoms with Crippen LogP contribution in [0.5, 0.6) is 0 Å². The Morgan fingerprint density at radius 2 is 1.88 bits per heavy atom. The molecule has 1 fully saturated rings. The lowest BCUT2D eigenvalue weighted by Crippen LogP contribution is -2.48. The molecule has 1 unspecified atom stereocenters. The summed E-state index contributed by atoms with van der Waals surface area (Å²) in [5.74, 6) is 0. The molecule has 1 aromatic heterocycles. The van der Waals surface area contributed by atoms with E-state index < -0.39 is 5.60 Å². The Morgan fingerprint density at radius 3 is 2.46 bits per heavy atom. The van der Waals surface area contributed by atoms with Gasteiger partial charge in [0.05, 0.1) is 6.54 Å². The Hall–Kier alpha value is -1.65. The fraction of sp³-hybridized carbons (Fsp3) is 0.524. The highest BCUT2D eigenvalue weighted by Crippen LogP contribution is 2.56. The van der Waals surface area contributed by atoms with E-state index in [2.05, 4.69) is 30.0 Å². The minimum Gasteiger partial charge on any atom is -0.383 e. The number of halogens is 1. The molecule has 0 saturated heterocycles. The van der Waals surface area contributed by atoms with E-state index in [1.165, 1.54) is 6.33 Å². The van der Waals surface area contributed by atoms with E-state index in [1.807, 2.05) is 24.3 Å². The van der Waals surface area contributed by atoms with Gasteiger partial charge in [0.1, 0.15) is 18.3 Å². The molecule has 2 aromatic rings. The molecule has 1 heterocycles. The van der Waals surface area contributed by atoms with Crippen LogP contribution in [0.25, 0.3) is 6.08 Å². The third-order valence-electron chi connectivity index (χ3n) is 5.81. The molecular weight excluding hydrogens is 346 g/mol. The molecule has 1 aliphatic rings. The maximum absolute atomic E-state index is 12.0. The summed E-state index contributed by atoms with van der Waals surface area (Å²) in [7, 11) is 0. The lowest BCUT2D eigenvalue weighted by Gasteiger charge is -2.43. The molecule has 1 saturated carbocycles. The van der Waals surface area contributed by atoms with Gasteiger partial charge in [-0.3, -0.25) is 0 Å². The van der Waals surface area contributed by atoms with Gasteiger partial charge in [0, 0.05) is 10.4 Å². The second-order valence-electron chi connectivity index (χ2n) is 7.45. The van der Waals surface area contributed by atoms with E-state index in [1.54, 1.807) is 11.0 Å². The topological polar surface area (TPSA) is 50.9 Å². The number of benzene rings is 1. The summed E-state index contributed by atoms with van der Waals surface area (Å²) in [5, 5.41) is 17.0. The van der Waals surface area contributed by atoms with Crippen LogP contribution >= 0.6 is 11.6 Å². The number of hydrogen-bond donors (Lipinski definition) is 1. The largest absolute Gasteiger partial charge is 0.383 e. The van der Waals surface area contributed by atoms with Crippen LogP contribution in [0.4, 0.5) is 0 Å². The Kier molecular flexibility index (Phi) is 5.83. The van der Waals surface area contributed by atoms with Crippen LogP contribution in [0.2, 0.25) is 5.02 Å². The van der Waals surface area contributed by atoms with Crippen LogP contribution in [-0.2, 0) is 6.54 Å². The molecule has 26 heavy (non-hydrogen) atoms. The number of aliphatic hydroxyl groups is 1. The summed E-state index contributed by atoms with van der Waals surface area (Å²) < 4.78 is 1.76. The SMILES string of the molecule is CCCC1(CCC)CC/C(=C/c2ccc(Cl)cc2)C1(O)Cn1cncn1. The predicted molar refractivity (Wildman–Crippen MR) is 106 cm³/mol. The summed E-state index contributed by atoms with van der Waals surface area (Å²) in [4.78, 5) is 4.06. The molecule has 140 valence electrons. The summed E-state index contributed by atoms with van der Waals surface area (Å²) in [6.07, 6.45) is 11.4. The molecule has 0 amide bonds. The highest BCUT2D eigenvalue weighted by atomic mass is 35.5. The number of hydrogen-bond acceptors (Lipinski definition) is 3. The van der Waals surface area contributed by atoms with Crippen molar-refractivity contribution in [3.8, 4) is 0 Å². The van der Waals surface area contributed by atoms with Gasteiger partial charge in [0.2, 0.25) is 0 Å². The van der Waals surface area contributed by atoms with Crippen molar-refractivity contribution < 1.29 is 5.11 Å². The Labute approximate surface area is 160 Å². The van der Waals surface area contributed by atoms with E-state index in [4.69, 9.17) is 11.6 Å². The second kappa shape index (κ2) is 7.93. The first kappa shape index (κ1) is 19.1. The van der Waals surface area contributed by atoms with Gasteiger partial charge < -0.3 is 5.11 Å². The van der Waals surface area contributed by atoms with Crippen LogP contribution in [0.3, 0.4) is 0 Å². The summed E-state index contributed by atoms with van der Waals surface area (Å²) in [6, 6.07) is 7.80. The zero-order chi connectivity index (χ0) is 18.6. The highest BCUT2D eigenvalue weighted by Gasteiger charge is 2.55. The van der Waals surface area contributed by atoms with Gasteiger partial charge in [-0.25, -0.2) is 9.67 Å². The Bertz CT molecular complexity index is 733. The molecule has 0 radical (unpaired) electrons. The molecule has 0 spiro atoms. The number of rotatable bonds is 7. The van der Waals surface area contributed by atoms with E-state index >= 15 is 0 Å². The molecule has 1 aliphatic carbocycles. The van der Waals surface area contributed by atoms with Gasteiger partial charge >= 0.3 is 0 Å². The van der Waals surface area contributed by atoms with Gasteiger partial charge in [-0.2, -0.15) is 5.10 Å². The molecule has 0 bridgehead atoms. The number of nitrogens with zero attached hydrogens (tertiary/aromatic N) is 3. The molecule has 3 rings (SSSR count). The minimum atomic E-state index is -0.910.